The summed E-state index contributed by atoms with van der Waals surface area (Å²) >= 11 is 0. The Morgan fingerprint density at radius 1 is 0.808 bits per heavy atom. The van der Waals surface area contributed by atoms with Crippen LogP contribution in [-0.2, 0) is 6.42 Å². The Morgan fingerprint density at radius 3 is 1.96 bits per heavy atom. The number of hydrogen-bond acceptors (Lipinski definition) is 0. The summed E-state index contributed by atoms with van der Waals surface area (Å²) in [5, 5.41) is 0. The standard InChI is InChI=1S/C24H30F2/c1-2-3-7-18-10-12-19(13-11-18)14-15-22-23(25)16-21(17-24(22)26)20-8-5-4-6-9-20/h4-6,8-9,16-19H,2-3,7,10-15H2,1H3. The lowest BCUT2D eigenvalue weighted by Crippen LogP contribution is -2.15. The average Bonchev–Trinajstić information content (AvgIpc) is 2.67. The van der Waals surface area contributed by atoms with Gasteiger partial charge in [-0.15, -0.1) is 0 Å². The number of halogens is 2. The van der Waals surface area contributed by atoms with Gasteiger partial charge in [0.1, 0.15) is 11.6 Å². The summed E-state index contributed by atoms with van der Waals surface area (Å²) in [5.41, 5.74) is 1.72. The van der Waals surface area contributed by atoms with Gasteiger partial charge in [0.25, 0.3) is 0 Å². The molecule has 26 heavy (non-hydrogen) atoms. The van der Waals surface area contributed by atoms with Crippen LogP contribution in [-0.4, -0.2) is 0 Å². The van der Waals surface area contributed by atoms with Crippen molar-refractivity contribution in [3.05, 3.63) is 59.7 Å². The Kier molecular flexibility index (Phi) is 6.82. The first-order valence-corrected chi connectivity index (χ1v) is 10.2. The first-order valence-electron chi connectivity index (χ1n) is 10.2. The van der Waals surface area contributed by atoms with Crippen LogP contribution in [0.1, 0.15) is 63.9 Å². The summed E-state index contributed by atoms with van der Waals surface area (Å²) in [6.45, 7) is 2.25. The quantitative estimate of drug-likeness (QED) is 0.480. The number of rotatable bonds is 7. The van der Waals surface area contributed by atoms with E-state index in [4.69, 9.17) is 0 Å². The van der Waals surface area contributed by atoms with Crippen molar-refractivity contribution in [1.29, 1.82) is 0 Å². The fourth-order valence-corrected chi connectivity index (χ4v) is 4.29. The van der Waals surface area contributed by atoms with E-state index in [0.29, 0.717) is 17.9 Å². The van der Waals surface area contributed by atoms with Gasteiger partial charge in [0.15, 0.2) is 0 Å². The summed E-state index contributed by atoms with van der Waals surface area (Å²) < 4.78 is 29.0. The van der Waals surface area contributed by atoms with E-state index in [9.17, 15) is 8.78 Å². The predicted molar refractivity (Wildman–Crippen MR) is 105 cm³/mol. The Morgan fingerprint density at radius 2 is 1.38 bits per heavy atom. The highest BCUT2D eigenvalue weighted by atomic mass is 19.1. The Hall–Kier alpha value is -1.70. The molecule has 2 heteroatoms. The SMILES string of the molecule is CCCCC1CCC(CCc2c(F)cc(-c3ccccc3)cc2F)CC1. The van der Waals surface area contributed by atoms with Crippen molar-refractivity contribution >= 4 is 0 Å². The van der Waals surface area contributed by atoms with E-state index in [2.05, 4.69) is 6.92 Å². The number of benzene rings is 2. The zero-order valence-electron chi connectivity index (χ0n) is 15.8. The molecule has 2 aromatic carbocycles. The molecule has 1 fully saturated rings. The van der Waals surface area contributed by atoms with Crippen molar-refractivity contribution < 1.29 is 8.78 Å². The van der Waals surface area contributed by atoms with Crippen LogP contribution >= 0.6 is 0 Å². The molecule has 0 unspecified atom stereocenters. The van der Waals surface area contributed by atoms with Crippen LogP contribution in [0.15, 0.2) is 42.5 Å². The molecule has 1 aliphatic carbocycles. The normalized spacial score (nSPS) is 20.3. The van der Waals surface area contributed by atoms with Crippen molar-refractivity contribution in [2.45, 2.75) is 64.7 Å². The topological polar surface area (TPSA) is 0 Å². The number of hydrogen-bond donors (Lipinski definition) is 0. The van der Waals surface area contributed by atoms with Crippen LogP contribution < -0.4 is 0 Å². The molecular formula is C24H30F2. The minimum atomic E-state index is -0.402. The van der Waals surface area contributed by atoms with Gasteiger partial charge in [0, 0.05) is 5.56 Å². The molecule has 0 amide bonds. The van der Waals surface area contributed by atoms with E-state index in [-0.39, 0.29) is 5.56 Å². The van der Waals surface area contributed by atoms with Crippen molar-refractivity contribution in [2.24, 2.45) is 11.8 Å². The van der Waals surface area contributed by atoms with Crippen LogP contribution in [0.5, 0.6) is 0 Å². The van der Waals surface area contributed by atoms with E-state index in [1.54, 1.807) is 0 Å². The monoisotopic (exact) mass is 356 g/mol. The smallest absolute Gasteiger partial charge is 0.129 e. The van der Waals surface area contributed by atoms with E-state index in [1.807, 2.05) is 30.3 Å². The first-order chi connectivity index (χ1) is 12.7. The van der Waals surface area contributed by atoms with E-state index in [1.165, 1.54) is 57.1 Å². The molecule has 0 atom stereocenters. The third-order valence-electron chi connectivity index (χ3n) is 5.98. The fraction of sp³-hybridized carbons (Fsp3) is 0.500. The summed E-state index contributed by atoms with van der Waals surface area (Å²) in [6.07, 6.45) is 10.4. The second-order valence-electron chi connectivity index (χ2n) is 7.85. The van der Waals surface area contributed by atoms with Crippen LogP contribution in [0.4, 0.5) is 8.78 Å². The average molecular weight is 357 g/mol. The highest BCUT2D eigenvalue weighted by Crippen LogP contribution is 2.35. The molecule has 3 rings (SSSR count). The van der Waals surface area contributed by atoms with Crippen LogP contribution in [0.25, 0.3) is 11.1 Å². The molecule has 2 aromatic rings. The molecule has 1 saturated carbocycles. The summed E-state index contributed by atoms with van der Waals surface area (Å²) in [7, 11) is 0. The molecule has 0 bridgehead atoms. The lowest BCUT2D eigenvalue weighted by atomic mass is 9.78. The van der Waals surface area contributed by atoms with Crippen molar-refractivity contribution in [3.8, 4) is 11.1 Å². The Labute approximate surface area is 156 Å². The molecule has 0 heterocycles. The summed E-state index contributed by atoms with van der Waals surface area (Å²) in [6, 6.07) is 12.4. The maximum absolute atomic E-state index is 14.5. The van der Waals surface area contributed by atoms with Gasteiger partial charge in [-0.3, -0.25) is 0 Å². The maximum atomic E-state index is 14.5. The molecule has 140 valence electrons. The molecule has 0 aliphatic heterocycles. The second-order valence-corrected chi connectivity index (χ2v) is 7.85. The van der Waals surface area contributed by atoms with Gasteiger partial charge in [-0.25, -0.2) is 8.78 Å². The fourth-order valence-electron chi connectivity index (χ4n) is 4.29. The van der Waals surface area contributed by atoms with Gasteiger partial charge >= 0.3 is 0 Å². The largest absolute Gasteiger partial charge is 0.207 e. The Bertz CT molecular complexity index is 662. The van der Waals surface area contributed by atoms with Crippen LogP contribution in [0.2, 0.25) is 0 Å². The molecule has 0 nitrogen and oxygen atoms in total. The zero-order chi connectivity index (χ0) is 18.4. The zero-order valence-corrected chi connectivity index (χ0v) is 15.8. The third-order valence-corrected chi connectivity index (χ3v) is 5.98. The highest BCUT2D eigenvalue weighted by Gasteiger charge is 2.22. The molecule has 0 N–H and O–H groups in total. The minimum Gasteiger partial charge on any atom is -0.207 e. The summed E-state index contributed by atoms with van der Waals surface area (Å²) in [5.74, 6) is 0.700. The molecule has 0 saturated heterocycles. The molecule has 0 aromatic heterocycles. The lowest BCUT2D eigenvalue weighted by Gasteiger charge is -2.28. The molecule has 1 aliphatic rings. The predicted octanol–water partition coefficient (Wildman–Crippen LogP) is 7.56. The van der Waals surface area contributed by atoms with Crippen molar-refractivity contribution in [1.82, 2.24) is 0 Å². The second kappa shape index (κ2) is 9.30. The van der Waals surface area contributed by atoms with Crippen molar-refractivity contribution in [2.75, 3.05) is 0 Å². The lowest BCUT2D eigenvalue weighted by molar-refractivity contribution is 0.249. The summed E-state index contributed by atoms with van der Waals surface area (Å²) in [4.78, 5) is 0. The van der Waals surface area contributed by atoms with Crippen LogP contribution in [0.3, 0.4) is 0 Å². The third kappa shape index (κ3) is 4.93. The molecule has 0 radical (unpaired) electrons. The van der Waals surface area contributed by atoms with E-state index in [0.717, 1.165) is 17.9 Å². The highest BCUT2D eigenvalue weighted by molar-refractivity contribution is 5.63. The van der Waals surface area contributed by atoms with Gasteiger partial charge in [-0.1, -0.05) is 82.2 Å². The number of unbranched alkanes of at least 4 members (excludes halogenated alkanes) is 1. The van der Waals surface area contributed by atoms with Gasteiger partial charge < -0.3 is 0 Å². The van der Waals surface area contributed by atoms with Gasteiger partial charge in [-0.2, -0.15) is 0 Å². The first kappa shape index (κ1) is 19.1. The van der Waals surface area contributed by atoms with Gasteiger partial charge in [0.05, 0.1) is 0 Å². The maximum Gasteiger partial charge on any atom is 0.129 e. The minimum absolute atomic E-state index is 0.262. The van der Waals surface area contributed by atoms with E-state index < -0.39 is 11.6 Å². The van der Waals surface area contributed by atoms with Crippen molar-refractivity contribution in [3.63, 3.8) is 0 Å². The van der Waals surface area contributed by atoms with Gasteiger partial charge in [0.2, 0.25) is 0 Å². The van der Waals surface area contributed by atoms with Crippen LogP contribution in [0, 0.1) is 23.5 Å². The molecular weight excluding hydrogens is 326 g/mol. The molecule has 0 spiro atoms. The Balaban J connectivity index is 1.57. The van der Waals surface area contributed by atoms with Gasteiger partial charge in [-0.05, 0) is 47.9 Å². The van der Waals surface area contributed by atoms with E-state index >= 15 is 0 Å².